The Hall–Kier alpha value is -1.50. The first kappa shape index (κ1) is 25.5. The number of alkyl halides is 11. The lowest BCUT2D eigenvalue weighted by Gasteiger charge is -2.37. The Labute approximate surface area is 146 Å². The van der Waals surface area contributed by atoms with E-state index in [1.807, 2.05) is 0 Å². The molecule has 0 heterocycles. The zero-order valence-corrected chi connectivity index (χ0v) is 13.7. The first-order chi connectivity index (χ1) is 12.0. The second-order valence-corrected chi connectivity index (χ2v) is 5.45. The van der Waals surface area contributed by atoms with Crippen LogP contribution in [-0.2, 0) is 4.74 Å². The van der Waals surface area contributed by atoms with E-state index in [0.717, 1.165) is 6.42 Å². The minimum Gasteiger partial charge on any atom is -0.379 e. The summed E-state index contributed by atoms with van der Waals surface area (Å²) < 4.78 is 145. The summed E-state index contributed by atoms with van der Waals surface area (Å²) in [5.41, 5.74) is 0. The molecular weight excluding hydrogens is 411 g/mol. The van der Waals surface area contributed by atoms with Crippen LogP contribution in [0.5, 0.6) is 0 Å². The van der Waals surface area contributed by atoms with Crippen molar-refractivity contribution >= 4 is 6.09 Å². The highest BCUT2D eigenvalue weighted by molar-refractivity contribution is 5.67. The van der Waals surface area contributed by atoms with Crippen LogP contribution in [-0.4, -0.2) is 49.1 Å². The number of ether oxygens (including phenoxy) is 1. The van der Waals surface area contributed by atoms with Crippen LogP contribution in [0, 0.1) is 0 Å². The Kier molecular flexibility index (Phi) is 8.19. The van der Waals surface area contributed by atoms with Gasteiger partial charge < -0.3 is 10.1 Å². The van der Waals surface area contributed by atoms with Gasteiger partial charge in [-0.05, 0) is 6.42 Å². The number of amides is 1. The van der Waals surface area contributed by atoms with Gasteiger partial charge in [0, 0.05) is 6.54 Å². The van der Waals surface area contributed by atoms with Crippen molar-refractivity contribution in [2.45, 2.75) is 62.4 Å². The van der Waals surface area contributed by atoms with Crippen LogP contribution in [0.3, 0.4) is 0 Å². The molecule has 0 radical (unpaired) electrons. The lowest BCUT2D eigenvalue weighted by atomic mass is 9.98. The molecule has 0 saturated carbocycles. The van der Waals surface area contributed by atoms with E-state index >= 15 is 0 Å². The zero-order valence-electron chi connectivity index (χ0n) is 13.7. The van der Waals surface area contributed by atoms with Gasteiger partial charge in [0.1, 0.15) is 0 Å². The number of rotatable bonds is 11. The van der Waals surface area contributed by atoms with Crippen LogP contribution in [0.2, 0.25) is 0 Å². The molecular formula is C13H16F11NO2. The van der Waals surface area contributed by atoms with Gasteiger partial charge in [0.25, 0.3) is 0 Å². The fraction of sp³-hybridized carbons (Fsp3) is 0.923. The molecule has 0 aromatic rings. The van der Waals surface area contributed by atoms with Gasteiger partial charge in [0.15, 0.2) is 6.67 Å². The molecule has 162 valence electrons. The monoisotopic (exact) mass is 427 g/mol. The van der Waals surface area contributed by atoms with Gasteiger partial charge in [0.2, 0.25) is 0 Å². The maximum atomic E-state index is 13.2. The van der Waals surface area contributed by atoms with E-state index in [4.69, 9.17) is 0 Å². The molecule has 0 bridgehead atoms. The summed E-state index contributed by atoms with van der Waals surface area (Å²) in [5.74, 6) is -28.4. The van der Waals surface area contributed by atoms with Gasteiger partial charge in [-0.1, -0.05) is 26.2 Å². The topological polar surface area (TPSA) is 38.3 Å². The highest BCUT2D eigenvalue weighted by atomic mass is 19.4. The van der Waals surface area contributed by atoms with Crippen molar-refractivity contribution in [1.29, 1.82) is 0 Å². The van der Waals surface area contributed by atoms with E-state index < -0.39 is 49.1 Å². The lowest BCUT2D eigenvalue weighted by Crippen LogP contribution is -2.68. The summed E-state index contributed by atoms with van der Waals surface area (Å²) in [6.07, 6.45) is -6.93. The highest BCUT2D eigenvalue weighted by Gasteiger charge is 2.87. The molecule has 1 N–H and O–H groups in total. The molecule has 27 heavy (non-hydrogen) atoms. The van der Waals surface area contributed by atoms with Gasteiger partial charge in [0.05, 0.1) is 0 Å². The minimum atomic E-state index is -7.47. The maximum Gasteiger partial charge on any atom is 0.474 e. The standard InChI is InChI=1S/C13H16F11NO2/c1-2-3-4-5-6-25-8(26)27-13(23,24)12(21,22)11(19,20)10(17,18)9(15,16)7-14/h2-7H2,1H3,(H,25,26). The first-order valence-electron chi connectivity index (χ1n) is 7.43. The van der Waals surface area contributed by atoms with Gasteiger partial charge in [-0.2, -0.15) is 43.9 Å². The van der Waals surface area contributed by atoms with Crippen LogP contribution < -0.4 is 5.32 Å². The van der Waals surface area contributed by atoms with Crippen molar-refractivity contribution in [3.8, 4) is 0 Å². The first-order valence-corrected chi connectivity index (χ1v) is 7.43. The van der Waals surface area contributed by atoms with Crippen molar-refractivity contribution in [2.75, 3.05) is 13.2 Å². The predicted molar refractivity (Wildman–Crippen MR) is 69.3 cm³/mol. The van der Waals surface area contributed by atoms with Crippen molar-refractivity contribution in [3.05, 3.63) is 0 Å². The third-order valence-corrected chi connectivity index (χ3v) is 3.30. The molecule has 0 saturated heterocycles. The third-order valence-electron chi connectivity index (χ3n) is 3.30. The Morgan fingerprint density at radius 1 is 0.815 bits per heavy atom. The van der Waals surface area contributed by atoms with Crippen LogP contribution in [0.25, 0.3) is 0 Å². The van der Waals surface area contributed by atoms with Gasteiger partial charge in [-0.25, -0.2) is 9.18 Å². The zero-order chi connectivity index (χ0) is 21.7. The van der Waals surface area contributed by atoms with E-state index in [1.165, 1.54) is 5.32 Å². The normalized spacial score (nSPS) is 14.2. The summed E-state index contributed by atoms with van der Waals surface area (Å²) in [6.45, 7) is -2.13. The number of alkyl carbamates (subject to hydrolysis) is 1. The number of nitrogens with one attached hydrogen (secondary N) is 1. The summed E-state index contributed by atoms with van der Waals surface area (Å²) in [4.78, 5) is 11.0. The molecule has 1 amide bonds. The Balaban J connectivity index is 5.32. The molecule has 0 rings (SSSR count). The van der Waals surface area contributed by atoms with Crippen LogP contribution in [0.4, 0.5) is 53.1 Å². The van der Waals surface area contributed by atoms with Crippen molar-refractivity contribution in [3.63, 3.8) is 0 Å². The molecule has 0 aliphatic rings. The average molecular weight is 427 g/mol. The minimum absolute atomic E-state index is 0.169. The van der Waals surface area contributed by atoms with Crippen molar-refractivity contribution in [1.82, 2.24) is 5.32 Å². The highest BCUT2D eigenvalue weighted by Crippen LogP contribution is 2.57. The number of unbranched alkanes of at least 4 members (excludes halogenated alkanes) is 3. The summed E-state index contributed by atoms with van der Waals surface area (Å²) in [7, 11) is 0. The van der Waals surface area contributed by atoms with Crippen LogP contribution in [0.15, 0.2) is 0 Å². The molecule has 0 spiro atoms. The third kappa shape index (κ3) is 5.06. The molecule has 0 fully saturated rings. The number of hydrogen-bond donors (Lipinski definition) is 1. The lowest BCUT2D eigenvalue weighted by molar-refractivity contribution is -0.435. The maximum absolute atomic E-state index is 13.2. The molecule has 3 nitrogen and oxygen atoms in total. The molecule has 0 atom stereocenters. The molecule has 0 aliphatic heterocycles. The molecule has 0 unspecified atom stereocenters. The SMILES string of the molecule is CCCCCCNC(=O)OC(F)(F)C(F)(F)C(F)(F)C(F)(F)C(F)(F)CF. The summed E-state index contributed by atoms with van der Waals surface area (Å²) in [5, 5.41) is 1.49. The Morgan fingerprint density at radius 2 is 1.33 bits per heavy atom. The van der Waals surface area contributed by atoms with E-state index in [2.05, 4.69) is 4.74 Å². The quantitative estimate of drug-likeness (QED) is 0.355. The molecule has 0 aromatic heterocycles. The number of hydrogen-bond acceptors (Lipinski definition) is 2. The Morgan fingerprint density at radius 3 is 1.78 bits per heavy atom. The van der Waals surface area contributed by atoms with Crippen molar-refractivity contribution in [2.24, 2.45) is 0 Å². The Bertz CT molecular complexity index is 497. The summed E-state index contributed by atoms with van der Waals surface area (Å²) in [6, 6.07) is 0. The largest absolute Gasteiger partial charge is 0.474 e. The molecule has 14 heteroatoms. The molecule has 0 aliphatic carbocycles. The average Bonchev–Trinajstić information content (AvgIpc) is 2.53. The molecule has 0 aromatic carbocycles. The predicted octanol–water partition coefficient (Wildman–Crippen LogP) is 5.40. The van der Waals surface area contributed by atoms with Gasteiger partial charge in [-0.15, -0.1) is 0 Å². The number of carbonyl (C=O) groups is 1. The van der Waals surface area contributed by atoms with E-state index in [-0.39, 0.29) is 6.42 Å². The van der Waals surface area contributed by atoms with E-state index in [9.17, 15) is 53.1 Å². The van der Waals surface area contributed by atoms with Crippen molar-refractivity contribution < 1.29 is 57.8 Å². The van der Waals surface area contributed by atoms with E-state index in [0.29, 0.717) is 12.8 Å². The smallest absolute Gasteiger partial charge is 0.379 e. The van der Waals surface area contributed by atoms with Crippen LogP contribution in [0.1, 0.15) is 32.6 Å². The van der Waals surface area contributed by atoms with Gasteiger partial charge >= 0.3 is 35.9 Å². The fourth-order valence-electron chi connectivity index (χ4n) is 1.65. The number of halogens is 11. The second kappa shape index (κ2) is 8.67. The second-order valence-electron chi connectivity index (χ2n) is 5.45. The van der Waals surface area contributed by atoms with Crippen LogP contribution >= 0.6 is 0 Å². The van der Waals surface area contributed by atoms with E-state index in [1.54, 1.807) is 6.92 Å². The number of carbonyl (C=O) groups excluding carboxylic acids is 1. The van der Waals surface area contributed by atoms with Gasteiger partial charge in [-0.3, -0.25) is 0 Å². The summed E-state index contributed by atoms with van der Waals surface area (Å²) >= 11 is 0. The fourth-order valence-corrected chi connectivity index (χ4v) is 1.65.